The Kier molecular flexibility index (Phi) is 5.53. The number of carbonyl (C=O) groups excluding carboxylic acids is 1. The molecule has 4 aliphatic rings. The molecule has 1 unspecified atom stereocenters. The van der Waals surface area contributed by atoms with Crippen LogP contribution in [0.5, 0.6) is 0 Å². The maximum Gasteiger partial charge on any atom is 0.239 e. The SMILES string of the molecule is C[C@@H](C(=O)N1CCN2c3ccccc3CC2C1)N1CCN(C2CCCCC2)CC1. The van der Waals surface area contributed by atoms with Crippen molar-refractivity contribution in [2.75, 3.05) is 50.7 Å². The summed E-state index contributed by atoms with van der Waals surface area (Å²) in [4.78, 5) is 23.1. The van der Waals surface area contributed by atoms with Gasteiger partial charge < -0.3 is 9.80 Å². The standard InChI is InChI=1S/C24H36N4O/c1-19(25-11-13-26(14-12-25)21-8-3-2-4-9-21)24(29)27-15-16-28-22(18-27)17-20-7-5-6-10-23(20)28/h5-7,10,19,21-22H,2-4,8-9,11-18H2,1H3/t19-,22?/m0/s1. The van der Waals surface area contributed by atoms with Crippen LogP contribution in [0.2, 0.25) is 0 Å². The second-order valence-corrected chi connectivity index (χ2v) is 9.50. The number of carbonyl (C=O) groups is 1. The van der Waals surface area contributed by atoms with Crippen molar-refractivity contribution >= 4 is 11.6 Å². The zero-order valence-electron chi connectivity index (χ0n) is 17.9. The van der Waals surface area contributed by atoms with E-state index in [2.05, 4.69) is 50.8 Å². The first kappa shape index (κ1) is 19.4. The predicted molar refractivity (Wildman–Crippen MR) is 117 cm³/mol. The fourth-order valence-electron chi connectivity index (χ4n) is 6.12. The minimum Gasteiger partial charge on any atom is -0.364 e. The minimum absolute atomic E-state index is 0.0128. The van der Waals surface area contributed by atoms with Gasteiger partial charge in [-0.25, -0.2) is 0 Å². The molecule has 3 heterocycles. The van der Waals surface area contributed by atoms with Gasteiger partial charge in [0.15, 0.2) is 0 Å². The van der Waals surface area contributed by atoms with E-state index in [4.69, 9.17) is 0 Å². The molecule has 158 valence electrons. The largest absolute Gasteiger partial charge is 0.364 e. The summed E-state index contributed by atoms with van der Waals surface area (Å²) in [5, 5.41) is 0. The van der Waals surface area contributed by atoms with Gasteiger partial charge in [-0.05, 0) is 37.8 Å². The van der Waals surface area contributed by atoms with Gasteiger partial charge in [-0.3, -0.25) is 14.6 Å². The molecular weight excluding hydrogens is 360 g/mol. The number of fused-ring (bicyclic) bond motifs is 3. The zero-order chi connectivity index (χ0) is 19.8. The Labute approximate surface area is 175 Å². The van der Waals surface area contributed by atoms with E-state index in [-0.39, 0.29) is 6.04 Å². The molecule has 5 heteroatoms. The summed E-state index contributed by atoms with van der Waals surface area (Å²) in [6.07, 6.45) is 8.05. The lowest BCUT2D eigenvalue weighted by molar-refractivity contribution is -0.138. The first-order valence-corrected chi connectivity index (χ1v) is 11.8. The zero-order valence-corrected chi connectivity index (χ0v) is 17.9. The molecule has 3 aliphatic heterocycles. The van der Waals surface area contributed by atoms with Crippen LogP contribution >= 0.6 is 0 Å². The van der Waals surface area contributed by atoms with Gasteiger partial charge in [0.2, 0.25) is 5.91 Å². The molecule has 0 radical (unpaired) electrons. The highest BCUT2D eigenvalue weighted by atomic mass is 16.2. The normalized spacial score (nSPS) is 27.6. The molecule has 1 aliphatic carbocycles. The molecule has 1 saturated carbocycles. The highest BCUT2D eigenvalue weighted by Crippen LogP contribution is 2.34. The topological polar surface area (TPSA) is 30.0 Å². The summed E-state index contributed by atoms with van der Waals surface area (Å²) in [6.45, 7) is 9.18. The lowest BCUT2D eigenvalue weighted by Gasteiger charge is -2.44. The van der Waals surface area contributed by atoms with Gasteiger partial charge in [0.25, 0.3) is 0 Å². The third-order valence-corrected chi connectivity index (χ3v) is 7.90. The first-order valence-electron chi connectivity index (χ1n) is 11.8. The van der Waals surface area contributed by atoms with E-state index in [1.54, 1.807) is 0 Å². The Morgan fingerprint density at radius 3 is 2.48 bits per heavy atom. The highest BCUT2D eigenvalue weighted by molar-refractivity contribution is 5.82. The average molecular weight is 397 g/mol. The van der Waals surface area contributed by atoms with Gasteiger partial charge in [0.05, 0.1) is 12.1 Å². The molecule has 1 aromatic carbocycles. The van der Waals surface area contributed by atoms with Crippen LogP contribution in [-0.2, 0) is 11.2 Å². The molecule has 29 heavy (non-hydrogen) atoms. The van der Waals surface area contributed by atoms with E-state index in [1.165, 1.54) is 43.4 Å². The van der Waals surface area contributed by atoms with Crippen molar-refractivity contribution < 1.29 is 4.79 Å². The number of amides is 1. The molecule has 5 nitrogen and oxygen atoms in total. The van der Waals surface area contributed by atoms with Crippen LogP contribution in [0.1, 0.15) is 44.6 Å². The van der Waals surface area contributed by atoms with Gasteiger partial charge in [0.1, 0.15) is 0 Å². The van der Waals surface area contributed by atoms with Crippen molar-refractivity contribution in [3.63, 3.8) is 0 Å². The summed E-state index contributed by atoms with van der Waals surface area (Å²) in [5.74, 6) is 0.340. The number of hydrogen-bond donors (Lipinski definition) is 0. The lowest BCUT2D eigenvalue weighted by Crippen LogP contribution is -2.60. The van der Waals surface area contributed by atoms with Crippen LogP contribution < -0.4 is 4.90 Å². The third kappa shape index (κ3) is 3.79. The molecule has 2 saturated heterocycles. The molecule has 3 fully saturated rings. The van der Waals surface area contributed by atoms with Crippen LogP contribution in [-0.4, -0.2) is 84.5 Å². The second kappa shape index (κ2) is 8.27. The maximum absolute atomic E-state index is 13.3. The molecule has 0 spiro atoms. The van der Waals surface area contributed by atoms with E-state index in [0.29, 0.717) is 11.9 Å². The van der Waals surface area contributed by atoms with Crippen molar-refractivity contribution in [1.29, 1.82) is 0 Å². The lowest BCUT2D eigenvalue weighted by atomic mass is 9.93. The van der Waals surface area contributed by atoms with Crippen molar-refractivity contribution in [2.24, 2.45) is 0 Å². The Hall–Kier alpha value is -1.59. The molecule has 0 N–H and O–H groups in total. The van der Waals surface area contributed by atoms with Gasteiger partial charge in [0, 0.05) is 57.5 Å². The molecular formula is C24H36N4O. The van der Waals surface area contributed by atoms with E-state index in [1.807, 2.05) is 0 Å². The fraction of sp³-hybridized carbons (Fsp3) is 0.708. The fourth-order valence-corrected chi connectivity index (χ4v) is 6.12. The summed E-state index contributed by atoms with van der Waals surface area (Å²) in [7, 11) is 0. The smallest absolute Gasteiger partial charge is 0.239 e. The van der Waals surface area contributed by atoms with Crippen LogP contribution in [0.25, 0.3) is 0 Å². The number of para-hydroxylation sites is 1. The van der Waals surface area contributed by atoms with Gasteiger partial charge in [-0.2, -0.15) is 0 Å². The van der Waals surface area contributed by atoms with Gasteiger partial charge in [-0.1, -0.05) is 37.5 Å². The van der Waals surface area contributed by atoms with E-state index >= 15 is 0 Å². The number of rotatable bonds is 3. The summed E-state index contributed by atoms with van der Waals surface area (Å²) in [5.41, 5.74) is 2.83. The Balaban J connectivity index is 1.15. The molecule has 1 aromatic rings. The number of piperazine rings is 2. The Morgan fingerprint density at radius 2 is 1.69 bits per heavy atom. The number of anilines is 1. The van der Waals surface area contributed by atoms with Gasteiger partial charge in [-0.15, -0.1) is 0 Å². The van der Waals surface area contributed by atoms with Crippen LogP contribution in [0.3, 0.4) is 0 Å². The minimum atomic E-state index is 0.0128. The summed E-state index contributed by atoms with van der Waals surface area (Å²) < 4.78 is 0. The van der Waals surface area contributed by atoms with Crippen molar-refractivity contribution in [2.45, 2.75) is 63.6 Å². The van der Waals surface area contributed by atoms with Crippen LogP contribution in [0, 0.1) is 0 Å². The molecule has 5 rings (SSSR count). The Bertz CT molecular complexity index is 723. The van der Waals surface area contributed by atoms with Crippen molar-refractivity contribution in [1.82, 2.24) is 14.7 Å². The van der Waals surface area contributed by atoms with E-state index < -0.39 is 0 Å². The average Bonchev–Trinajstić information content (AvgIpc) is 3.16. The van der Waals surface area contributed by atoms with Crippen molar-refractivity contribution in [3.8, 4) is 0 Å². The van der Waals surface area contributed by atoms with Crippen LogP contribution in [0.15, 0.2) is 24.3 Å². The summed E-state index contributed by atoms with van der Waals surface area (Å²) in [6, 6.07) is 10.0. The third-order valence-electron chi connectivity index (χ3n) is 7.90. The first-order chi connectivity index (χ1) is 14.2. The molecule has 2 atom stereocenters. The molecule has 1 amide bonds. The molecule has 0 aromatic heterocycles. The number of nitrogens with zero attached hydrogens (tertiary/aromatic N) is 4. The molecule has 0 bridgehead atoms. The number of benzene rings is 1. The monoisotopic (exact) mass is 396 g/mol. The van der Waals surface area contributed by atoms with E-state index in [9.17, 15) is 4.79 Å². The predicted octanol–water partition coefficient (Wildman–Crippen LogP) is 2.60. The van der Waals surface area contributed by atoms with E-state index in [0.717, 1.165) is 58.3 Å². The maximum atomic E-state index is 13.3. The highest BCUT2D eigenvalue weighted by Gasteiger charge is 2.38. The van der Waals surface area contributed by atoms with Crippen LogP contribution in [0.4, 0.5) is 5.69 Å². The quantitative estimate of drug-likeness (QED) is 0.786. The second-order valence-electron chi connectivity index (χ2n) is 9.50. The van der Waals surface area contributed by atoms with Gasteiger partial charge >= 0.3 is 0 Å². The summed E-state index contributed by atoms with van der Waals surface area (Å²) >= 11 is 0. The van der Waals surface area contributed by atoms with Crippen molar-refractivity contribution in [3.05, 3.63) is 29.8 Å². The Morgan fingerprint density at radius 1 is 0.931 bits per heavy atom. The number of hydrogen-bond acceptors (Lipinski definition) is 4.